The number of fused-ring (bicyclic) bond motifs is 1. The molecule has 0 aromatic carbocycles. The number of carbonyl (C=O) groups is 1. The van der Waals surface area contributed by atoms with Gasteiger partial charge in [-0.05, 0) is 24.6 Å². The van der Waals surface area contributed by atoms with Gasteiger partial charge < -0.3 is 5.32 Å². The van der Waals surface area contributed by atoms with Gasteiger partial charge in [-0.15, -0.1) is 0 Å². The van der Waals surface area contributed by atoms with E-state index < -0.39 is 11.7 Å². The molecule has 0 saturated heterocycles. The third-order valence-corrected chi connectivity index (χ3v) is 3.74. The van der Waals surface area contributed by atoms with E-state index >= 15 is 0 Å². The van der Waals surface area contributed by atoms with Crippen LogP contribution in [-0.2, 0) is 11.3 Å². The molecule has 0 fully saturated rings. The number of amides is 1. The van der Waals surface area contributed by atoms with Crippen LogP contribution in [0.2, 0.25) is 0 Å². The normalized spacial score (nSPS) is 10.6. The highest BCUT2D eigenvalue weighted by atomic mass is 19.1. The Morgan fingerprint density at radius 3 is 2.67 bits per heavy atom. The molecule has 3 aromatic heterocycles. The van der Waals surface area contributed by atoms with Crippen molar-refractivity contribution < 1.29 is 9.18 Å². The molecule has 0 unspecified atom stereocenters. The van der Waals surface area contributed by atoms with Gasteiger partial charge in [-0.2, -0.15) is 5.10 Å². The Labute approximate surface area is 156 Å². The van der Waals surface area contributed by atoms with E-state index in [1.165, 1.54) is 12.3 Å². The van der Waals surface area contributed by atoms with Gasteiger partial charge in [0.1, 0.15) is 17.9 Å². The number of nitrogens with zero attached hydrogens (tertiary/aromatic N) is 4. The quantitative estimate of drug-likeness (QED) is 0.762. The van der Waals surface area contributed by atoms with E-state index in [0.29, 0.717) is 11.3 Å². The smallest absolute Gasteiger partial charge is 0.291 e. The molecule has 1 N–H and O–H groups in total. The third-order valence-electron chi connectivity index (χ3n) is 3.74. The second-order valence-corrected chi connectivity index (χ2v) is 6.15. The number of carbonyl (C=O) groups excluding carboxylic acids is 1. The van der Waals surface area contributed by atoms with E-state index in [2.05, 4.69) is 15.4 Å². The molecule has 0 radical (unpaired) electrons. The van der Waals surface area contributed by atoms with Crippen molar-refractivity contribution in [3.05, 3.63) is 58.3 Å². The molecule has 0 spiro atoms. The van der Waals surface area contributed by atoms with Crippen molar-refractivity contribution in [1.82, 2.24) is 19.2 Å². The molecule has 0 atom stereocenters. The first-order valence-corrected chi connectivity index (χ1v) is 8.86. The molecule has 3 rings (SSSR count). The summed E-state index contributed by atoms with van der Waals surface area (Å²) in [5.41, 5.74) is 1.03. The van der Waals surface area contributed by atoms with Crippen molar-refractivity contribution in [1.29, 1.82) is 0 Å². The van der Waals surface area contributed by atoms with Crippen LogP contribution in [0.4, 0.5) is 10.1 Å². The summed E-state index contributed by atoms with van der Waals surface area (Å²) in [5, 5.41) is 6.74. The van der Waals surface area contributed by atoms with Gasteiger partial charge in [-0.3, -0.25) is 19.0 Å². The average Bonchev–Trinajstić information content (AvgIpc) is 3.03. The molecule has 0 aliphatic heterocycles. The second-order valence-electron chi connectivity index (χ2n) is 6.15. The zero-order chi connectivity index (χ0) is 20.1. The van der Waals surface area contributed by atoms with Crippen molar-refractivity contribution in [2.24, 2.45) is 0 Å². The topological polar surface area (TPSA) is 81.3 Å². The molecule has 0 saturated carbocycles. The van der Waals surface area contributed by atoms with E-state index in [1.807, 2.05) is 40.8 Å². The number of hydrogen-bond acceptors (Lipinski definition) is 4. The van der Waals surface area contributed by atoms with Crippen molar-refractivity contribution in [2.45, 2.75) is 47.1 Å². The summed E-state index contributed by atoms with van der Waals surface area (Å²) in [7, 11) is 0. The molecule has 1 amide bonds. The van der Waals surface area contributed by atoms with E-state index in [9.17, 15) is 14.0 Å². The van der Waals surface area contributed by atoms with Crippen LogP contribution in [0.1, 0.15) is 45.0 Å². The van der Waals surface area contributed by atoms with Gasteiger partial charge in [0.2, 0.25) is 5.91 Å². The lowest BCUT2D eigenvalue weighted by molar-refractivity contribution is -0.117. The minimum Gasteiger partial charge on any atom is -0.322 e. The standard InChI is InChI=1S/C17H18FN5O2.C2H6/c1-10(2)16-21-23(17(25)14-6-11(3)8-22(14)16)9-15(24)20-13-4-5-19-7-12(13)18;1-2/h4-8,10H,9H2,1-3H3,(H,19,20,24);1-2H3. The van der Waals surface area contributed by atoms with Crippen LogP contribution in [0.3, 0.4) is 0 Å². The van der Waals surface area contributed by atoms with Crippen LogP contribution in [-0.4, -0.2) is 25.1 Å². The van der Waals surface area contributed by atoms with E-state index in [4.69, 9.17) is 0 Å². The van der Waals surface area contributed by atoms with Crippen LogP contribution in [0.15, 0.2) is 35.5 Å². The number of halogens is 1. The zero-order valence-corrected chi connectivity index (χ0v) is 16.2. The summed E-state index contributed by atoms with van der Waals surface area (Å²) < 4.78 is 16.4. The zero-order valence-electron chi connectivity index (χ0n) is 16.2. The maximum atomic E-state index is 13.6. The first-order chi connectivity index (χ1) is 12.9. The summed E-state index contributed by atoms with van der Waals surface area (Å²) >= 11 is 0. The minimum absolute atomic E-state index is 0.0109. The SMILES string of the molecule is CC.Cc1cc2c(=O)n(CC(=O)Nc3ccncc3F)nc(C(C)C)n2c1. The number of anilines is 1. The largest absolute Gasteiger partial charge is 0.322 e. The molecule has 8 heteroatoms. The Hall–Kier alpha value is -3.03. The first-order valence-electron chi connectivity index (χ1n) is 8.86. The van der Waals surface area contributed by atoms with Gasteiger partial charge in [0.25, 0.3) is 5.56 Å². The second kappa shape index (κ2) is 8.57. The monoisotopic (exact) mass is 373 g/mol. The van der Waals surface area contributed by atoms with Crippen LogP contribution in [0.25, 0.3) is 5.52 Å². The van der Waals surface area contributed by atoms with Crippen molar-refractivity contribution in [3.63, 3.8) is 0 Å². The van der Waals surface area contributed by atoms with Crippen molar-refractivity contribution >= 4 is 17.1 Å². The van der Waals surface area contributed by atoms with Gasteiger partial charge in [-0.1, -0.05) is 27.7 Å². The molecule has 3 heterocycles. The molecule has 0 bridgehead atoms. The number of pyridine rings is 1. The van der Waals surface area contributed by atoms with Gasteiger partial charge in [-0.25, -0.2) is 9.07 Å². The minimum atomic E-state index is -0.642. The van der Waals surface area contributed by atoms with Crippen molar-refractivity contribution in [3.8, 4) is 0 Å². The van der Waals surface area contributed by atoms with Crippen LogP contribution in [0.5, 0.6) is 0 Å². The van der Waals surface area contributed by atoms with E-state index in [-0.39, 0.29) is 23.7 Å². The average molecular weight is 373 g/mol. The molecule has 144 valence electrons. The molecule has 27 heavy (non-hydrogen) atoms. The van der Waals surface area contributed by atoms with Crippen LogP contribution < -0.4 is 10.9 Å². The van der Waals surface area contributed by atoms with Crippen LogP contribution in [0, 0.1) is 12.7 Å². The molecule has 0 aliphatic rings. The maximum Gasteiger partial charge on any atom is 0.291 e. The number of rotatable bonds is 4. The highest BCUT2D eigenvalue weighted by Gasteiger charge is 2.16. The van der Waals surface area contributed by atoms with E-state index in [0.717, 1.165) is 16.4 Å². The highest BCUT2D eigenvalue weighted by Crippen LogP contribution is 2.15. The fourth-order valence-corrected chi connectivity index (χ4v) is 2.60. The summed E-state index contributed by atoms with van der Waals surface area (Å²) in [6.45, 7) is 9.50. The number of aryl methyl sites for hydroxylation is 1. The van der Waals surface area contributed by atoms with Gasteiger partial charge in [0.15, 0.2) is 5.82 Å². The molecule has 7 nitrogen and oxygen atoms in total. The predicted octanol–water partition coefficient (Wildman–Crippen LogP) is 3.13. The van der Waals surface area contributed by atoms with Gasteiger partial charge >= 0.3 is 0 Å². The fourth-order valence-electron chi connectivity index (χ4n) is 2.60. The number of hydrogen-bond donors (Lipinski definition) is 1. The lowest BCUT2D eigenvalue weighted by atomic mass is 10.2. The predicted molar refractivity (Wildman–Crippen MR) is 102 cm³/mol. The molecule has 3 aromatic rings. The highest BCUT2D eigenvalue weighted by molar-refractivity contribution is 5.90. The fraction of sp³-hybridized carbons (Fsp3) is 0.368. The Morgan fingerprint density at radius 1 is 1.33 bits per heavy atom. The molecular formula is C19H24FN5O2. The summed E-state index contributed by atoms with van der Waals surface area (Å²) in [5.74, 6) is -0.453. The summed E-state index contributed by atoms with van der Waals surface area (Å²) in [6.07, 6.45) is 4.22. The van der Waals surface area contributed by atoms with Crippen molar-refractivity contribution in [2.75, 3.05) is 5.32 Å². The third kappa shape index (κ3) is 4.39. The Balaban J connectivity index is 0.00000126. The lowest BCUT2D eigenvalue weighted by Gasteiger charge is -2.12. The number of nitrogens with one attached hydrogen (secondary N) is 1. The van der Waals surface area contributed by atoms with Gasteiger partial charge in [0.05, 0.1) is 11.9 Å². The van der Waals surface area contributed by atoms with Crippen LogP contribution >= 0.6 is 0 Å². The lowest BCUT2D eigenvalue weighted by Crippen LogP contribution is -2.32. The Morgan fingerprint density at radius 2 is 2.04 bits per heavy atom. The number of aromatic nitrogens is 4. The Kier molecular flexibility index (Phi) is 6.44. The summed E-state index contributed by atoms with van der Waals surface area (Å²) in [4.78, 5) is 28.4. The first kappa shape index (κ1) is 20.3. The maximum absolute atomic E-state index is 13.6. The molecular weight excluding hydrogens is 349 g/mol. The Bertz CT molecular complexity index is 1010. The van der Waals surface area contributed by atoms with Gasteiger partial charge in [0, 0.05) is 18.3 Å². The summed E-state index contributed by atoms with van der Waals surface area (Å²) in [6, 6.07) is 3.11. The van der Waals surface area contributed by atoms with E-state index in [1.54, 1.807) is 10.5 Å². The molecule has 0 aliphatic carbocycles.